The van der Waals surface area contributed by atoms with Gasteiger partial charge in [0.05, 0.1) is 11.9 Å². The molecule has 4 nitrogen and oxygen atoms in total. The van der Waals surface area contributed by atoms with E-state index in [1.165, 1.54) is 0 Å². The Morgan fingerprint density at radius 3 is 2.09 bits per heavy atom. The molecule has 0 unspecified atom stereocenters. The number of hydrogen-bond donors (Lipinski definition) is 2. The van der Waals surface area contributed by atoms with E-state index in [1.807, 2.05) is 0 Å². The standard InChI is InChI=1S/C6H15NO3S/c1-5(2)11(9,10)7-6(3)4-8/h5-8H,4H2,1-3H3/t6-/m0/s1. The van der Waals surface area contributed by atoms with Crippen molar-refractivity contribution in [2.45, 2.75) is 32.1 Å². The van der Waals surface area contributed by atoms with Crippen molar-refractivity contribution in [3.63, 3.8) is 0 Å². The number of aliphatic hydroxyl groups excluding tert-OH is 1. The zero-order valence-corrected chi connectivity index (χ0v) is 7.85. The molecule has 0 aromatic rings. The fourth-order valence-corrected chi connectivity index (χ4v) is 1.36. The molecule has 0 spiro atoms. The zero-order chi connectivity index (χ0) is 9.07. The van der Waals surface area contributed by atoms with Crippen LogP contribution in [-0.2, 0) is 10.0 Å². The fraction of sp³-hybridized carbons (Fsp3) is 1.00. The van der Waals surface area contributed by atoms with Crippen molar-refractivity contribution in [2.75, 3.05) is 6.61 Å². The molecule has 0 aliphatic heterocycles. The van der Waals surface area contributed by atoms with Gasteiger partial charge in [-0.05, 0) is 20.8 Å². The summed E-state index contributed by atoms with van der Waals surface area (Å²) in [6.45, 7) is 4.62. The van der Waals surface area contributed by atoms with E-state index < -0.39 is 21.3 Å². The maximum absolute atomic E-state index is 11.1. The molecule has 1 atom stereocenters. The van der Waals surface area contributed by atoms with E-state index in [1.54, 1.807) is 20.8 Å². The van der Waals surface area contributed by atoms with Crippen LogP contribution in [0.2, 0.25) is 0 Å². The highest BCUT2D eigenvalue weighted by Gasteiger charge is 2.17. The van der Waals surface area contributed by atoms with Crippen molar-refractivity contribution < 1.29 is 13.5 Å². The molecular formula is C6H15NO3S. The fourth-order valence-electron chi connectivity index (χ4n) is 0.454. The average molecular weight is 181 g/mol. The third-order valence-corrected chi connectivity index (χ3v) is 3.23. The highest BCUT2D eigenvalue weighted by Crippen LogP contribution is 1.97. The molecule has 0 aromatic carbocycles. The third kappa shape index (κ3) is 3.69. The monoisotopic (exact) mass is 181 g/mol. The summed E-state index contributed by atoms with van der Waals surface area (Å²) in [5.41, 5.74) is 0. The van der Waals surface area contributed by atoms with Gasteiger partial charge in [-0.2, -0.15) is 0 Å². The van der Waals surface area contributed by atoms with Crippen LogP contribution in [0.1, 0.15) is 20.8 Å². The van der Waals surface area contributed by atoms with Crippen molar-refractivity contribution in [3.8, 4) is 0 Å². The van der Waals surface area contributed by atoms with Crippen LogP contribution in [0, 0.1) is 0 Å². The Balaban J connectivity index is 4.15. The van der Waals surface area contributed by atoms with Gasteiger partial charge in [-0.3, -0.25) is 0 Å². The molecule has 0 fully saturated rings. The minimum Gasteiger partial charge on any atom is -0.395 e. The van der Waals surface area contributed by atoms with E-state index in [-0.39, 0.29) is 6.61 Å². The van der Waals surface area contributed by atoms with E-state index in [9.17, 15) is 8.42 Å². The van der Waals surface area contributed by atoms with Crippen molar-refractivity contribution in [1.82, 2.24) is 4.72 Å². The van der Waals surface area contributed by atoms with Crippen LogP contribution >= 0.6 is 0 Å². The average Bonchev–Trinajstić information content (AvgIpc) is 1.86. The summed E-state index contributed by atoms with van der Waals surface area (Å²) >= 11 is 0. The summed E-state index contributed by atoms with van der Waals surface area (Å²) in [5, 5.41) is 8.11. The summed E-state index contributed by atoms with van der Waals surface area (Å²) in [7, 11) is -3.22. The lowest BCUT2D eigenvalue weighted by Crippen LogP contribution is -2.39. The molecule has 0 aliphatic rings. The Kier molecular flexibility index (Phi) is 3.99. The number of nitrogens with one attached hydrogen (secondary N) is 1. The molecule has 0 bridgehead atoms. The molecule has 5 heteroatoms. The van der Waals surface area contributed by atoms with E-state index >= 15 is 0 Å². The third-order valence-electron chi connectivity index (χ3n) is 1.26. The van der Waals surface area contributed by atoms with Gasteiger partial charge < -0.3 is 5.11 Å². The summed E-state index contributed by atoms with van der Waals surface area (Å²) in [6.07, 6.45) is 0. The van der Waals surface area contributed by atoms with Gasteiger partial charge in [-0.1, -0.05) is 0 Å². The van der Waals surface area contributed by atoms with Gasteiger partial charge in [0.2, 0.25) is 10.0 Å². The Morgan fingerprint density at radius 1 is 1.36 bits per heavy atom. The number of hydrogen-bond acceptors (Lipinski definition) is 3. The van der Waals surface area contributed by atoms with Crippen LogP contribution in [0.15, 0.2) is 0 Å². The second kappa shape index (κ2) is 4.04. The van der Waals surface area contributed by atoms with Gasteiger partial charge in [0.1, 0.15) is 0 Å². The van der Waals surface area contributed by atoms with Crippen molar-refractivity contribution in [1.29, 1.82) is 0 Å². The van der Waals surface area contributed by atoms with Gasteiger partial charge in [-0.15, -0.1) is 0 Å². The topological polar surface area (TPSA) is 66.4 Å². The Morgan fingerprint density at radius 2 is 1.82 bits per heavy atom. The molecule has 0 radical (unpaired) electrons. The Bertz CT molecular complexity index is 198. The first-order valence-electron chi connectivity index (χ1n) is 3.52. The van der Waals surface area contributed by atoms with E-state index in [4.69, 9.17) is 5.11 Å². The predicted molar refractivity (Wildman–Crippen MR) is 43.7 cm³/mol. The molecule has 0 aromatic heterocycles. The number of sulfonamides is 1. The minimum absolute atomic E-state index is 0.175. The summed E-state index contributed by atoms with van der Waals surface area (Å²) < 4.78 is 24.5. The van der Waals surface area contributed by atoms with Crippen molar-refractivity contribution >= 4 is 10.0 Å². The van der Waals surface area contributed by atoms with E-state index in [0.29, 0.717) is 0 Å². The highest BCUT2D eigenvalue weighted by molar-refractivity contribution is 7.90. The normalized spacial score (nSPS) is 15.4. The number of aliphatic hydroxyl groups is 1. The van der Waals surface area contributed by atoms with Gasteiger partial charge in [0.25, 0.3) is 0 Å². The molecule has 0 aliphatic carbocycles. The van der Waals surface area contributed by atoms with Crippen molar-refractivity contribution in [2.24, 2.45) is 0 Å². The van der Waals surface area contributed by atoms with Crippen LogP contribution in [-0.4, -0.2) is 31.4 Å². The summed E-state index contributed by atoms with van der Waals surface area (Å²) in [6, 6.07) is -0.401. The van der Waals surface area contributed by atoms with Crippen LogP contribution in [0.5, 0.6) is 0 Å². The highest BCUT2D eigenvalue weighted by atomic mass is 32.2. The largest absolute Gasteiger partial charge is 0.395 e. The van der Waals surface area contributed by atoms with Crippen LogP contribution in [0.3, 0.4) is 0 Å². The molecular weight excluding hydrogens is 166 g/mol. The zero-order valence-electron chi connectivity index (χ0n) is 7.03. The smallest absolute Gasteiger partial charge is 0.214 e. The number of rotatable bonds is 4. The SMILES string of the molecule is CC(C)S(=O)(=O)N[C@@H](C)CO. The van der Waals surface area contributed by atoms with Gasteiger partial charge in [0, 0.05) is 6.04 Å². The van der Waals surface area contributed by atoms with Gasteiger partial charge in [-0.25, -0.2) is 13.1 Å². The molecule has 0 saturated carbocycles. The second-order valence-corrected chi connectivity index (χ2v) is 5.06. The van der Waals surface area contributed by atoms with Crippen LogP contribution < -0.4 is 4.72 Å². The van der Waals surface area contributed by atoms with Crippen molar-refractivity contribution in [3.05, 3.63) is 0 Å². The lowest BCUT2D eigenvalue weighted by Gasteiger charge is -2.13. The predicted octanol–water partition coefficient (Wildman–Crippen LogP) is -0.305. The Hall–Kier alpha value is -0.130. The first kappa shape index (κ1) is 10.9. The lowest BCUT2D eigenvalue weighted by molar-refractivity contribution is 0.265. The molecule has 68 valence electrons. The summed E-state index contributed by atoms with van der Waals surface area (Å²) in [4.78, 5) is 0. The maximum Gasteiger partial charge on any atom is 0.214 e. The first-order chi connectivity index (χ1) is 4.90. The quantitative estimate of drug-likeness (QED) is 0.625. The van der Waals surface area contributed by atoms with E-state index in [2.05, 4.69) is 4.72 Å². The molecule has 0 amide bonds. The first-order valence-corrected chi connectivity index (χ1v) is 5.06. The second-order valence-electron chi connectivity index (χ2n) is 2.80. The van der Waals surface area contributed by atoms with Crippen LogP contribution in [0.25, 0.3) is 0 Å². The molecule has 0 rings (SSSR count). The minimum atomic E-state index is -3.22. The van der Waals surface area contributed by atoms with E-state index in [0.717, 1.165) is 0 Å². The molecule has 0 heterocycles. The van der Waals surface area contributed by atoms with Gasteiger partial charge >= 0.3 is 0 Å². The molecule has 11 heavy (non-hydrogen) atoms. The molecule has 2 N–H and O–H groups in total. The lowest BCUT2D eigenvalue weighted by atomic mass is 10.4. The maximum atomic E-state index is 11.1. The molecule has 0 saturated heterocycles. The summed E-state index contributed by atoms with van der Waals surface area (Å²) in [5.74, 6) is 0. The van der Waals surface area contributed by atoms with Gasteiger partial charge in [0.15, 0.2) is 0 Å². The Labute approximate surface area is 67.7 Å². The van der Waals surface area contributed by atoms with Crippen LogP contribution in [0.4, 0.5) is 0 Å².